The Balaban J connectivity index is 1.50. The van der Waals surface area contributed by atoms with Crippen LogP contribution in [-0.2, 0) is 16.6 Å². The average molecular weight is 411 g/mol. The van der Waals surface area contributed by atoms with Gasteiger partial charge in [0.2, 0.25) is 5.91 Å². The van der Waals surface area contributed by atoms with Crippen molar-refractivity contribution in [3.8, 4) is 0 Å². The molecule has 1 fully saturated rings. The highest BCUT2D eigenvalue weighted by atomic mass is 16.2. The molecule has 7 nitrogen and oxygen atoms in total. The molecule has 0 radical (unpaired) electrons. The summed E-state index contributed by atoms with van der Waals surface area (Å²) in [5.41, 5.74) is 6.00. The lowest BCUT2D eigenvalue weighted by atomic mass is 10.1. The molecule has 0 unspecified atom stereocenters. The van der Waals surface area contributed by atoms with Gasteiger partial charge in [-0.15, -0.1) is 0 Å². The summed E-state index contributed by atoms with van der Waals surface area (Å²) in [7, 11) is 1.90. The maximum atomic E-state index is 12.6. The summed E-state index contributed by atoms with van der Waals surface area (Å²) in [6.45, 7) is 11.2. The van der Waals surface area contributed by atoms with Gasteiger partial charge in [0.1, 0.15) is 0 Å². The van der Waals surface area contributed by atoms with E-state index in [0.717, 1.165) is 46.9 Å². The van der Waals surface area contributed by atoms with E-state index in [-0.39, 0.29) is 11.8 Å². The quantitative estimate of drug-likeness (QED) is 0.724. The number of aromatic nitrogens is 2. The highest BCUT2D eigenvalue weighted by Gasteiger charge is 2.24. The summed E-state index contributed by atoms with van der Waals surface area (Å²) in [5, 5.41) is 7.43. The van der Waals surface area contributed by atoms with Crippen molar-refractivity contribution in [3.63, 3.8) is 0 Å². The zero-order chi connectivity index (χ0) is 21.8. The van der Waals surface area contributed by atoms with Crippen molar-refractivity contribution < 1.29 is 14.5 Å². The molecule has 1 aromatic heterocycles. The molecule has 2 N–H and O–H groups in total. The predicted octanol–water partition coefficient (Wildman–Crippen LogP) is 1.03. The van der Waals surface area contributed by atoms with Crippen LogP contribution in [0.25, 0.3) is 6.08 Å². The summed E-state index contributed by atoms with van der Waals surface area (Å²) >= 11 is 0. The van der Waals surface area contributed by atoms with Gasteiger partial charge in [0, 0.05) is 30.1 Å². The first kappa shape index (κ1) is 21.8. The van der Waals surface area contributed by atoms with Crippen LogP contribution < -0.4 is 10.2 Å². The number of piperazine rings is 1. The smallest absolute Gasteiger partial charge is 0.279 e. The summed E-state index contributed by atoms with van der Waals surface area (Å²) in [4.78, 5) is 28.1. The molecule has 0 spiro atoms. The zero-order valence-corrected chi connectivity index (χ0v) is 18.6. The van der Waals surface area contributed by atoms with Gasteiger partial charge in [-0.25, -0.2) is 0 Å². The van der Waals surface area contributed by atoms with Crippen molar-refractivity contribution in [1.82, 2.24) is 14.7 Å². The molecule has 1 aliphatic rings. The molecule has 1 saturated heterocycles. The van der Waals surface area contributed by atoms with Crippen LogP contribution in [0.3, 0.4) is 0 Å². The van der Waals surface area contributed by atoms with E-state index in [4.69, 9.17) is 0 Å². The molecular formula is C23H32N5O2+. The normalized spacial score (nSPS) is 15.0. The van der Waals surface area contributed by atoms with Crippen molar-refractivity contribution in [2.45, 2.75) is 27.7 Å². The van der Waals surface area contributed by atoms with Gasteiger partial charge in [0.25, 0.3) is 5.91 Å². The molecule has 2 amide bonds. The number of nitrogens with zero attached hydrogens (tertiary/aromatic N) is 3. The van der Waals surface area contributed by atoms with Gasteiger partial charge in [0.05, 0.1) is 31.9 Å². The second kappa shape index (κ2) is 9.26. The third-order valence-corrected chi connectivity index (χ3v) is 5.90. The Morgan fingerprint density at radius 1 is 1.13 bits per heavy atom. The molecule has 7 heteroatoms. The van der Waals surface area contributed by atoms with Crippen LogP contribution in [0.5, 0.6) is 0 Å². The molecule has 30 heavy (non-hydrogen) atoms. The standard InChI is InChI=1S/C23H31N5O2/c1-16-7-6-8-17(2)23(16)24-21(29)15-27-11-13-28(14-12-27)22(30)10-9-20-18(3)25-26(5)19(20)4/h6-10H,11-15H2,1-5H3,(H,24,29)/p+1/b10-9+. The Bertz CT molecular complexity index is 948. The second-order valence-electron chi connectivity index (χ2n) is 8.11. The highest BCUT2D eigenvalue weighted by Crippen LogP contribution is 2.19. The number of aryl methyl sites for hydroxylation is 4. The Kier molecular flexibility index (Phi) is 6.72. The fourth-order valence-corrected chi connectivity index (χ4v) is 3.93. The minimum Gasteiger partial charge on any atom is -0.328 e. The fraction of sp³-hybridized carbons (Fsp3) is 0.435. The third-order valence-electron chi connectivity index (χ3n) is 5.90. The lowest BCUT2D eigenvalue weighted by molar-refractivity contribution is -0.895. The van der Waals surface area contributed by atoms with Gasteiger partial charge in [-0.1, -0.05) is 18.2 Å². The SMILES string of the molecule is Cc1cccc(C)c1NC(=O)C[NH+]1CCN(C(=O)/C=C/c2c(C)nn(C)c2C)CC1. The molecule has 160 valence electrons. The largest absolute Gasteiger partial charge is 0.328 e. The van der Waals surface area contributed by atoms with E-state index < -0.39 is 0 Å². The average Bonchev–Trinajstić information content (AvgIpc) is 2.95. The number of benzene rings is 1. The van der Waals surface area contributed by atoms with Gasteiger partial charge in [-0.05, 0) is 44.9 Å². The maximum Gasteiger partial charge on any atom is 0.279 e. The topological polar surface area (TPSA) is 71.7 Å². The molecular weight excluding hydrogens is 378 g/mol. The lowest BCUT2D eigenvalue weighted by Crippen LogP contribution is -3.15. The number of carbonyl (C=O) groups excluding carboxylic acids is 2. The number of hydrogen-bond donors (Lipinski definition) is 2. The number of quaternary nitrogens is 1. The Morgan fingerprint density at radius 3 is 2.33 bits per heavy atom. The Hall–Kier alpha value is -2.93. The predicted molar refractivity (Wildman–Crippen MR) is 118 cm³/mol. The minimum absolute atomic E-state index is 0.0108. The molecule has 0 saturated carbocycles. The number of anilines is 1. The fourth-order valence-electron chi connectivity index (χ4n) is 3.93. The second-order valence-corrected chi connectivity index (χ2v) is 8.11. The lowest BCUT2D eigenvalue weighted by Gasteiger charge is -2.31. The van der Waals surface area contributed by atoms with E-state index in [1.165, 1.54) is 4.90 Å². The van der Waals surface area contributed by atoms with Crippen molar-refractivity contribution in [2.75, 3.05) is 38.0 Å². The summed E-state index contributed by atoms with van der Waals surface area (Å²) < 4.78 is 1.82. The van der Waals surface area contributed by atoms with Crippen LogP contribution in [0.2, 0.25) is 0 Å². The number of amides is 2. The molecule has 2 aromatic rings. The van der Waals surface area contributed by atoms with Crippen LogP contribution >= 0.6 is 0 Å². The van der Waals surface area contributed by atoms with Crippen molar-refractivity contribution in [2.24, 2.45) is 7.05 Å². The van der Waals surface area contributed by atoms with E-state index in [0.29, 0.717) is 19.6 Å². The van der Waals surface area contributed by atoms with E-state index in [9.17, 15) is 9.59 Å². The monoisotopic (exact) mass is 410 g/mol. The van der Waals surface area contributed by atoms with Crippen molar-refractivity contribution >= 4 is 23.6 Å². The Labute approximate surface area is 178 Å². The Morgan fingerprint density at radius 2 is 1.77 bits per heavy atom. The summed E-state index contributed by atoms with van der Waals surface area (Å²) in [6, 6.07) is 6.00. The summed E-state index contributed by atoms with van der Waals surface area (Å²) in [5.74, 6) is 0.0290. The first-order valence-corrected chi connectivity index (χ1v) is 10.4. The van der Waals surface area contributed by atoms with Gasteiger partial charge in [-0.3, -0.25) is 14.3 Å². The number of carbonyl (C=O) groups is 2. The minimum atomic E-state index is 0.0108. The van der Waals surface area contributed by atoms with Crippen LogP contribution in [-0.4, -0.2) is 59.2 Å². The van der Waals surface area contributed by atoms with Crippen molar-refractivity contribution in [1.29, 1.82) is 0 Å². The summed E-state index contributed by atoms with van der Waals surface area (Å²) in [6.07, 6.45) is 3.49. The van der Waals surface area contributed by atoms with Gasteiger partial charge < -0.3 is 15.1 Å². The van der Waals surface area contributed by atoms with E-state index in [1.54, 1.807) is 6.08 Å². The molecule has 1 aromatic carbocycles. The van der Waals surface area contributed by atoms with E-state index in [1.807, 2.05) is 68.6 Å². The molecule has 2 heterocycles. The van der Waals surface area contributed by atoms with Crippen LogP contribution in [0.15, 0.2) is 24.3 Å². The van der Waals surface area contributed by atoms with Crippen molar-refractivity contribution in [3.05, 3.63) is 52.4 Å². The highest BCUT2D eigenvalue weighted by molar-refractivity contribution is 5.93. The van der Waals surface area contributed by atoms with Gasteiger partial charge in [0.15, 0.2) is 6.54 Å². The van der Waals surface area contributed by atoms with Crippen LogP contribution in [0.4, 0.5) is 5.69 Å². The zero-order valence-electron chi connectivity index (χ0n) is 18.6. The first-order valence-electron chi connectivity index (χ1n) is 10.4. The van der Waals surface area contributed by atoms with Gasteiger partial charge >= 0.3 is 0 Å². The third kappa shape index (κ3) is 4.97. The number of rotatable bonds is 5. The van der Waals surface area contributed by atoms with Crippen LogP contribution in [0, 0.1) is 27.7 Å². The van der Waals surface area contributed by atoms with E-state index in [2.05, 4.69) is 10.4 Å². The van der Waals surface area contributed by atoms with Gasteiger partial charge in [-0.2, -0.15) is 5.10 Å². The van der Waals surface area contributed by atoms with E-state index >= 15 is 0 Å². The first-order chi connectivity index (χ1) is 14.3. The molecule has 0 aliphatic carbocycles. The number of hydrogen-bond acceptors (Lipinski definition) is 3. The maximum absolute atomic E-state index is 12.6. The molecule has 0 bridgehead atoms. The molecule has 1 aliphatic heterocycles. The number of para-hydroxylation sites is 1. The molecule has 0 atom stereocenters. The molecule has 3 rings (SSSR count). The van der Waals surface area contributed by atoms with Crippen LogP contribution in [0.1, 0.15) is 28.1 Å². The number of nitrogens with one attached hydrogen (secondary N) is 2.